The minimum absolute atomic E-state index is 0.0752. The summed E-state index contributed by atoms with van der Waals surface area (Å²) in [5.74, 6) is 0. The van der Waals surface area contributed by atoms with Crippen LogP contribution in [-0.4, -0.2) is 0 Å². The second-order valence-corrected chi connectivity index (χ2v) is 15.3. The molecule has 0 unspecified atom stereocenters. The Balaban J connectivity index is 1.29. The summed E-state index contributed by atoms with van der Waals surface area (Å²) >= 11 is 0. The first kappa shape index (κ1) is 29.2. The minimum atomic E-state index is -0.131. The van der Waals surface area contributed by atoms with E-state index in [0.717, 1.165) is 0 Å². The number of fused-ring (bicyclic) bond motifs is 7. The van der Waals surface area contributed by atoms with Crippen LogP contribution < -0.4 is 0 Å². The number of hydrogen-bond acceptors (Lipinski definition) is 0. The smallest absolute Gasteiger partial charge is 0.0159 e. The minimum Gasteiger partial charge on any atom is -0.0619 e. The van der Waals surface area contributed by atoms with Gasteiger partial charge in [0.1, 0.15) is 0 Å². The van der Waals surface area contributed by atoms with Gasteiger partial charge in [0.15, 0.2) is 0 Å². The van der Waals surface area contributed by atoms with Gasteiger partial charge in [-0.15, -0.1) is 0 Å². The summed E-state index contributed by atoms with van der Waals surface area (Å²) in [7, 11) is 0. The van der Waals surface area contributed by atoms with E-state index in [0.29, 0.717) is 0 Å². The Bertz CT molecular complexity index is 2750. The first-order chi connectivity index (χ1) is 24.3. The van der Waals surface area contributed by atoms with Crippen LogP contribution in [0.5, 0.6) is 0 Å². The summed E-state index contributed by atoms with van der Waals surface area (Å²) in [6, 6.07) is 56.9. The molecule has 8 aromatic rings. The van der Waals surface area contributed by atoms with Gasteiger partial charge in [0, 0.05) is 10.8 Å². The molecule has 0 heterocycles. The predicted molar refractivity (Wildman–Crippen MR) is 215 cm³/mol. The Morgan fingerprint density at radius 3 is 1.78 bits per heavy atom. The van der Waals surface area contributed by atoms with Crippen LogP contribution in [0.25, 0.3) is 77.3 Å². The van der Waals surface area contributed by atoms with Crippen molar-refractivity contribution in [3.8, 4) is 33.4 Å². The third-order valence-electron chi connectivity index (χ3n) is 11.9. The molecule has 0 saturated heterocycles. The number of benzene rings is 8. The molecule has 2 aliphatic carbocycles. The van der Waals surface area contributed by atoms with Gasteiger partial charge in [-0.1, -0.05) is 161 Å². The highest BCUT2D eigenvalue weighted by atomic mass is 14.4. The molecule has 0 aliphatic heterocycles. The molecule has 238 valence electrons. The van der Waals surface area contributed by atoms with Crippen molar-refractivity contribution in [2.45, 2.75) is 38.5 Å². The zero-order valence-corrected chi connectivity index (χ0v) is 29.0. The van der Waals surface area contributed by atoms with Crippen molar-refractivity contribution in [3.05, 3.63) is 179 Å². The topological polar surface area (TPSA) is 0 Å². The summed E-state index contributed by atoms with van der Waals surface area (Å²) in [5, 5.41) is 7.74. The predicted octanol–water partition coefficient (Wildman–Crippen LogP) is 13.6. The molecule has 0 atom stereocenters. The molecule has 50 heavy (non-hydrogen) atoms. The average molecular weight is 639 g/mol. The number of rotatable bonds is 3. The average Bonchev–Trinajstić information content (AvgIpc) is 3.55. The van der Waals surface area contributed by atoms with Crippen LogP contribution in [0.1, 0.15) is 55.5 Å². The van der Waals surface area contributed by atoms with Gasteiger partial charge in [0.25, 0.3) is 0 Å². The number of allylic oxidation sites excluding steroid dienone is 1. The fraction of sp³-hybridized carbons (Fsp3) is 0.120. The zero-order chi connectivity index (χ0) is 33.8. The molecular formula is C50H38. The first-order valence-electron chi connectivity index (χ1n) is 17.9. The van der Waals surface area contributed by atoms with Gasteiger partial charge in [0.2, 0.25) is 0 Å². The van der Waals surface area contributed by atoms with E-state index in [9.17, 15) is 0 Å². The molecular weight excluding hydrogens is 601 g/mol. The monoisotopic (exact) mass is 638 g/mol. The molecule has 8 aromatic carbocycles. The molecule has 2 aliphatic rings. The van der Waals surface area contributed by atoms with Crippen LogP contribution in [0.15, 0.2) is 152 Å². The van der Waals surface area contributed by atoms with E-state index in [-0.39, 0.29) is 10.8 Å². The maximum absolute atomic E-state index is 2.49. The second-order valence-electron chi connectivity index (χ2n) is 15.3. The largest absolute Gasteiger partial charge is 0.0619 e. The molecule has 0 spiro atoms. The second kappa shape index (κ2) is 10.4. The third-order valence-corrected chi connectivity index (χ3v) is 11.9. The van der Waals surface area contributed by atoms with E-state index in [1.807, 2.05) is 0 Å². The van der Waals surface area contributed by atoms with E-state index in [4.69, 9.17) is 0 Å². The summed E-state index contributed by atoms with van der Waals surface area (Å²) < 4.78 is 0. The van der Waals surface area contributed by atoms with Crippen LogP contribution in [0.4, 0.5) is 0 Å². The molecule has 0 N–H and O–H groups in total. The van der Waals surface area contributed by atoms with Gasteiger partial charge in [-0.25, -0.2) is 0 Å². The Morgan fingerprint density at radius 1 is 0.360 bits per heavy atom. The van der Waals surface area contributed by atoms with Gasteiger partial charge in [-0.05, 0) is 123 Å². The Hall–Kier alpha value is -5.72. The zero-order valence-electron chi connectivity index (χ0n) is 29.0. The highest BCUT2D eigenvalue weighted by molar-refractivity contribution is 6.21. The lowest BCUT2D eigenvalue weighted by Crippen LogP contribution is -2.17. The molecule has 10 rings (SSSR count). The molecule has 0 aromatic heterocycles. The van der Waals surface area contributed by atoms with Crippen molar-refractivity contribution in [1.29, 1.82) is 0 Å². The molecule has 0 radical (unpaired) electrons. The Morgan fingerprint density at radius 2 is 0.960 bits per heavy atom. The van der Waals surface area contributed by atoms with E-state index in [2.05, 4.69) is 185 Å². The normalized spacial score (nSPS) is 15.2. The standard InChI is InChI=1S/C50H38/c1-49(2)43-19-11-7-15-35(43)29-46(49)48-40-18-9-8-17-39(40)47(36-24-25-38-37-16-10-12-20-44(37)50(3,4)45(38)30-36)42-28-34(23-26-41(42)48)33-22-21-31-13-5-6-14-32(31)27-33/h5-30H,1-4H3. The van der Waals surface area contributed by atoms with Gasteiger partial charge in [0.05, 0.1) is 0 Å². The first-order valence-corrected chi connectivity index (χ1v) is 17.9. The molecule has 0 saturated carbocycles. The Kier molecular flexibility index (Phi) is 6.07. The van der Waals surface area contributed by atoms with Gasteiger partial charge in [-0.2, -0.15) is 0 Å². The highest BCUT2D eigenvalue weighted by Gasteiger charge is 2.37. The van der Waals surface area contributed by atoms with Crippen LogP contribution in [0.2, 0.25) is 0 Å². The summed E-state index contributed by atoms with van der Waals surface area (Å²) in [4.78, 5) is 0. The molecule has 0 bridgehead atoms. The van der Waals surface area contributed by atoms with Crippen molar-refractivity contribution in [2.24, 2.45) is 0 Å². The highest BCUT2D eigenvalue weighted by Crippen LogP contribution is 2.54. The third kappa shape index (κ3) is 4.06. The van der Waals surface area contributed by atoms with E-state index in [1.54, 1.807) is 0 Å². The quantitative estimate of drug-likeness (QED) is 0.169. The Labute approximate surface area is 294 Å². The lowest BCUT2D eigenvalue weighted by Gasteiger charge is -2.28. The van der Waals surface area contributed by atoms with Crippen molar-refractivity contribution < 1.29 is 0 Å². The summed E-state index contributed by atoms with van der Waals surface area (Å²) in [5.41, 5.74) is 15.8. The SMILES string of the molecule is CC1(C)C(c2c3ccccc3c(-c3ccc4c(c3)C(C)(C)c3ccccc3-4)c3cc(-c4ccc5ccccc5c4)ccc23)=Cc2ccccc21. The van der Waals surface area contributed by atoms with E-state index in [1.165, 1.54) is 99.1 Å². The fourth-order valence-corrected chi connectivity index (χ4v) is 9.25. The molecule has 0 amide bonds. The van der Waals surface area contributed by atoms with E-state index < -0.39 is 0 Å². The maximum atomic E-state index is 2.49. The lowest BCUT2D eigenvalue weighted by molar-refractivity contribution is 0.660. The van der Waals surface area contributed by atoms with Gasteiger partial charge >= 0.3 is 0 Å². The van der Waals surface area contributed by atoms with Crippen LogP contribution >= 0.6 is 0 Å². The van der Waals surface area contributed by atoms with Crippen molar-refractivity contribution in [2.75, 3.05) is 0 Å². The van der Waals surface area contributed by atoms with Crippen molar-refractivity contribution >= 4 is 44.0 Å². The van der Waals surface area contributed by atoms with Crippen molar-refractivity contribution in [3.63, 3.8) is 0 Å². The lowest BCUT2D eigenvalue weighted by atomic mass is 9.75. The van der Waals surface area contributed by atoms with Crippen LogP contribution in [0.3, 0.4) is 0 Å². The fourth-order valence-electron chi connectivity index (χ4n) is 9.25. The maximum Gasteiger partial charge on any atom is 0.0159 e. The van der Waals surface area contributed by atoms with Crippen molar-refractivity contribution in [1.82, 2.24) is 0 Å². The van der Waals surface area contributed by atoms with Gasteiger partial charge < -0.3 is 0 Å². The van der Waals surface area contributed by atoms with Crippen LogP contribution in [-0.2, 0) is 10.8 Å². The molecule has 0 fully saturated rings. The van der Waals surface area contributed by atoms with E-state index >= 15 is 0 Å². The molecule has 0 nitrogen and oxygen atoms in total. The summed E-state index contributed by atoms with van der Waals surface area (Å²) in [6.45, 7) is 9.54. The molecule has 0 heteroatoms. The number of hydrogen-bond donors (Lipinski definition) is 0. The van der Waals surface area contributed by atoms with Gasteiger partial charge in [-0.3, -0.25) is 0 Å². The summed E-state index contributed by atoms with van der Waals surface area (Å²) in [6.07, 6.45) is 2.45. The van der Waals surface area contributed by atoms with Crippen LogP contribution in [0, 0.1) is 0 Å².